The number of nitrogens with zero attached hydrogens (tertiary/aromatic N) is 3. The number of hydrogen-bond donors (Lipinski definition) is 2. The van der Waals surface area contributed by atoms with Crippen molar-refractivity contribution in [2.24, 2.45) is 0 Å². The molecule has 0 bridgehead atoms. The van der Waals surface area contributed by atoms with Gasteiger partial charge in [-0.1, -0.05) is 0 Å². The Labute approximate surface area is 105 Å². The van der Waals surface area contributed by atoms with Crippen LogP contribution in [0.15, 0.2) is 12.1 Å². The van der Waals surface area contributed by atoms with Gasteiger partial charge in [0.25, 0.3) is 5.69 Å². The minimum atomic E-state index is -0.408. The van der Waals surface area contributed by atoms with Gasteiger partial charge in [0, 0.05) is 19.6 Å². The van der Waals surface area contributed by atoms with E-state index in [1.807, 2.05) is 0 Å². The fourth-order valence-corrected chi connectivity index (χ4v) is 2.09. The van der Waals surface area contributed by atoms with E-state index in [0.717, 1.165) is 19.5 Å². The summed E-state index contributed by atoms with van der Waals surface area (Å²) in [5.74, 6) is 1.05. The Balaban J connectivity index is 2.16. The van der Waals surface area contributed by atoms with Crippen molar-refractivity contribution in [1.29, 1.82) is 0 Å². The van der Waals surface area contributed by atoms with Crippen LogP contribution in [0.1, 0.15) is 6.42 Å². The summed E-state index contributed by atoms with van der Waals surface area (Å²) in [7, 11) is 3.75. The zero-order valence-electron chi connectivity index (χ0n) is 10.5. The minimum Gasteiger partial charge on any atom is -0.373 e. The van der Waals surface area contributed by atoms with Crippen molar-refractivity contribution < 1.29 is 4.92 Å². The van der Waals surface area contributed by atoms with E-state index in [9.17, 15) is 10.1 Å². The lowest BCUT2D eigenvalue weighted by Crippen LogP contribution is -2.24. The van der Waals surface area contributed by atoms with E-state index in [1.165, 1.54) is 12.1 Å². The van der Waals surface area contributed by atoms with E-state index in [-0.39, 0.29) is 5.69 Å². The molecule has 18 heavy (non-hydrogen) atoms. The number of anilines is 2. The average Bonchev–Trinajstić information content (AvgIpc) is 2.74. The Bertz CT molecular complexity index is 451. The van der Waals surface area contributed by atoms with Crippen molar-refractivity contribution in [3.63, 3.8) is 0 Å². The van der Waals surface area contributed by atoms with Gasteiger partial charge in [0.05, 0.1) is 17.1 Å². The van der Waals surface area contributed by atoms with Crippen LogP contribution in [0.4, 0.5) is 17.3 Å². The molecule has 1 saturated heterocycles. The molecule has 98 valence electrons. The van der Waals surface area contributed by atoms with Crippen LogP contribution in [-0.2, 0) is 0 Å². The number of likely N-dealkylation sites (tertiary alicyclic amines) is 1. The molecule has 2 heterocycles. The van der Waals surface area contributed by atoms with Gasteiger partial charge < -0.3 is 15.5 Å². The Morgan fingerprint density at radius 1 is 1.50 bits per heavy atom. The highest BCUT2D eigenvalue weighted by molar-refractivity contribution is 5.54. The molecule has 2 N–H and O–H groups in total. The van der Waals surface area contributed by atoms with E-state index in [4.69, 9.17) is 0 Å². The third kappa shape index (κ3) is 2.86. The molecule has 1 aromatic heterocycles. The third-order valence-electron chi connectivity index (χ3n) is 3.02. The molecule has 1 fully saturated rings. The monoisotopic (exact) mass is 251 g/mol. The molecule has 7 heteroatoms. The Hall–Kier alpha value is -1.89. The highest BCUT2D eigenvalue weighted by Crippen LogP contribution is 2.22. The molecule has 1 aliphatic heterocycles. The zero-order chi connectivity index (χ0) is 13.1. The second-order valence-corrected chi connectivity index (χ2v) is 4.50. The van der Waals surface area contributed by atoms with Crippen LogP contribution in [0.5, 0.6) is 0 Å². The van der Waals surface area contributed by atoms with Crippen LogP contribution in [-0.4, -0.2) is 48.0 Å². The largest absolute Gasteiger partial charge is 0.373 e. The van der Waals surface area contributed by atoms with Crippen LogP contribution in [0.3, 0.4) is 0 Å². The average molecular weight is 251 g/mol. The first-order valence-electron chi connectivity index (χ1n) is 5.88. The zero-order valence-corrected chi connectivity index (χ0v) is 10.5. The lowest BCUT2D eigenvalue weighted by molar-refractivity contribution is -0.384. The summed E-state index contributed by atoms with van der Waals surface area (Å²) in [6, 6.07) is 3.19. The highest BCUT2D eigenvalue weighted by Gasteiger charge is 2.20. The summed E-state index contributed by atoms with van der Waals surface area (Å²) in [4.78, 5) is 16.9. The normalized spacial score (nSPS) is 19.8. The Morgan fingerprint density at radius 3 is 2.78 bits per heavy atom. The van der Waals surface area contributed by atoms with Gasteiger partial charge in [-0.3, -0.25) is 10.1 Å². The molecule has 1 atom stereocenters. The highest BCUT2D eigenvalue weighted by atomic mass is 16.6. The van der Waals surface area contributed by atoms with Crippen molar-refractivity contribution in [2.45, 2.75) is 12.5 Å². The Kier molecular flexibility index (Phi) is 3.61. The first kappa shape index (κ1) is 12.6. The SMILES string of the molecule is CNc1cc([N+](=O)[O-])cc(NC2CCN(C)C2)n1. The topological polar surface area (TPSA) is 83.3 Å². The van der Waals surface area contributed by atoms with Crippen molar-refractivity contribution >= 4 is 17.3 Å². The molecule has 1 unspecified atom stereocenters. The van der Waals surface area contributed by atoms with Crippen LogP contribution in [0.25, 0.3) is 0 Å². The van der Waals surface area contributed by atoms with Crippen molar-refractivity contribution in [3.8, 4) is 0 Å². The summed E-state index contributed by atoms with van der Waals surface area (Å²) >= 11 is 0. The number of rotatable bonds is 4. The van der Waals surface area contributed by atoms with Gasteiger partial charge in [-0.2, -0.15) is 0 Å². The number of likely N-dealkylation sites (N-methyl/N-ethyl adjacent to an activating group) is 1. The number of pyridine rings is 1. The second kappa shape index (κ2) is 5.18. The van der Waals surface area contributed by atoms with E-state index in [2.05, 4.69) is 27.6 Å². The molecular weight excluding hydrogens is 234 g/mol. The molecule has 0 aliphatic carbocycles. The molecule has 0 spiro atoms. The van der Waals surface area contributed by atoms with Crippen LogP contribution < -0.4 is 10.6 Å². The lowest BCUT2D eigenvalue weighted by Gasteiger charge is -2.14. The predicted octanol–water partition coefficient (Wildman–Crippen LogP) is 1.15. The molecule has 0 saturated carbocycles. The first-order valence-corrected chi connectivity index (χ1v) is 5.88. The number of nitro groups is 1. The van der Waals surface area contributed by atoms with Gasteiger partial charge in [-0.25, -0.2) is 4.98 Å². The van der Waals surface area contributed by atoms with Crippen molar-refractivity contribution in [1.82, 2.24) is 9.88 Å². The minimum absolute atomic E-state index is 0.0446. The summed E-state index contributed by atoms with van der Waals surface area (Å²) in [6.07, 6.45) is 1.02. The fourth-order valence-electron chi connectivity index (χ4n) is 2.09. The summed E-state index contributed by atoms with van der Waals surface area (Å²) < 4.78 is 0. The molecule has 7 nitrogen and oxygen atoms in total. The van der Waals surface area contributed by atoms with Crippen molar-refractivity contribution in [3.05, 3.63) is 22.2 Å². The lowest BCUT2D eigenvalue weighted by atomic mass is 10.2. The van der Waals surface area contributed by atoms with Gasteiger partial charge >= 0.3 is 0 Å². The number of hydrogen-bond acceptors (Lipinski definition) is 6. The van der Waals surface area contributed by atoms with Gasteiger partial charge in [0.1, 0.15) is 11.6 Å². The van der Waals surface area contributed by atoms with Gasteiger partial charge in [0.2, 0.25) is 0 Å². The molecule has 0 radical (unpaired) electrons. The fraction of sp³-hybridized carbons (Fsp3) is 0.545. The maximum absolute atomic E-state index is 10.8. The van der Waals surface area contributed by atoms with Crippen molar-refractivity contribution in [2.75, 3.05) is 37.8 Å². The van der Waals surface area contributed by atoms with Crippen LogP contribution in [0, 0.1) is 10.1 Å². The maximum Gasteiger partial charge on any atom is 0.276 e. The Morgan fingerprint density at radius 2 is 2.22 bits per heavy atom. The number of aromatic nitrogens is 1. The van der Waals surface area contributed by atoms with E-state index < -0.39 is 4.92 Å². The maximum atomic E-state index is 10.8. The van der Waals surface area contributed by atoms with Gasteiger partial charge in [-0.05, 0) is 20.0 Å². The molecule has 0 aromatic carbocycles. The summed E-state index contributed by atoms with van der Waals surface area (Å²) in [5, 5.41) is 16.9. The third-order valence-corrected chi connectivity index (χ3v) is 3.02. The van der Waals surface area contributed by atoms with Crippen LogP contribution in [0.2, 0.25) is 0 Å². The second-order valence-electron chi connectivity index (χ2n) is 4.50. The first-order chi connectivity index (χ1) is 8.58. The molecule has 1 aliphatic rings. The summed E-state index contributed by atoms with van der Waals surface area (Å²) in [6.45, 7) is 1.96. The van der Waals surface area contributed by atoms with E-state index in [1.54, 1.807) is 7.05 Å². The standard InChI is InChI=1S/C11H17N5O2/c1-12-10-5-9(16(17)18)6-11(14-10)13-8-3-4-15(2)7-8/h5-6,8H,3-4,7H2,1-2H3,(H2,12,13,14). The smallest absolute Gasteiger partial charge is 0.276 e. The number of nitrogens with one attached hydrogen (secondary N) is 2. The molecule has 2 rings (SSSR count). The van der Waals surface area contributed by atoms with E-state index >= 15 is 0 Å². The predicted molar refractivity (Wildman–Crippen MR) is 70.0 cm³/mol. The molecule has 1 aromatic rings. The summed E-state index contributed by atoms with van der Waals surface area (Å²) in [5.41, 5.74) is 0.0446. The van der Waals surface area contributed by atoms with Gasteiger partial charge in [-0.15, -0.1) is 0 Å². The van der Waals surface area contributed by atoms with E-state index in [0.29, 0.717) is 17.7 Å². The van der Waals surface area contributed by atoms with Crippen LogP contribution >= 0.6 is 0 Å². The molecular formula is C11H17N5O2. The quantitative estimate of drug-likeness (QED) is 0.617. The van der Waals surface area contributed by atoms with Gasteiger partial charge in [0.15, 0.2) is 0 Å². The molecule has 0 amide bonds.